The maximum atomic E-state index is 9.72. The summed E-state index contributed by atoms with van der Waals surface area (Å²) < 4.78 is 5.58. The monoisotopic (exact) mass is 453 g/mol. The van der Waals surface area contributed by atoms with E-state index >= 15 is 0 Å². The standard InChI is InChI=1S/C19H25N5S.C5H8.C2H6/c1-13-5-4-6-15(11-13)19-17(12-20)18(21-22-19)14-7-9-16(10-8-14)23-25-24(2)3;1-3-5-4-2;1-2/h4-6,11,14,16,23H,7-10H2,1-3H3,(H,21,22);3-5H,1H2,2H3;1-2H3/b;5-4-;. The molecule has 0 aliphatic heterocycles. The van der Waals surface area contributed by atoms with E-state index in [1.807, 2.05) is 59.2 Å². The van der Waals surface area contributed by atoms with Crippen LogP contribution in [0.3, 0.4) is 0 Å². The molecule has 0 bridgehead atoms. The van der Waals surface area contributed by atoms with Crippen LogP contribution < -0.4 is 4.72 Å². The van der Waals surface area contributed by atoms with Gasteiger partial charge in [0.05, 0.1) is 5.69 Å². The minimum absolute atomic E-state index is 0.392. The van der Waals surface area contributed by atoms with Crippen molar-refractivity contribution < 1.29 is 0 Å². The first-order valence-corrected chi connectivity index (χ1v) is 12.2. The van der Waals surface area contributed by atoms with Crippen LogP contribution in [0.4, 0.5) is 0 Å². The van der Waals surface area contributed by atoms with Crippen LogP contribution in [0.25, 0.3) is 11.3 Å². The molecule has 2 aromatic rings. The summed E-state index contributed by atoms with van der Waals surface area (Å²) in [6.45, 7) is 11.5. The first kappa shape index (κ1) is 27.7. The van der Waals surface area contributed by atoms with Crippen LogP contribution in [-0.4, -0.2) is 34.6 Å². The van der Waals surface area contributed by atoms with E-state index in [9.17, 15) is 5.26 Å². The van der Waals surface area contributed by atoms with E-state index in [-0.39, 0.29) is 0 Å². The maximum absolute atomic E-state index is 9.72. The molecule has 174 valence electrons. The predicted octanol–water partition coefficient (Wildman–Crippen LogP) is 6.77. The molecule has 0 spiro atoms. The largest absolute Gasteiger partial charge is 0.280 e. The van der Waals surface area contributed by atoms with Crippen LogP contribution >= 0.6 is 12.1 Å². The van der Waals surface area contributed by atoms with Gasteiger partial charge in [0.1, 0.15) is 17.3 Å². The molecule has 0 unspecified atom stereocenters. The van der Waals surface area contributed by atoms with Crippen molar-refractivity contribution in [3.8, 4) is 17.3 Å². The molecule has 32 heavy (non-hydrogen) atoms. The molecule has 1 aliphatic carbocycles. The Morgan fingerprint density at radius 1 is 1.25 bits per heavy atom. The Kier molecular flexibility index (Phi) is 13.4. The Morgan fingerprint density at radius 3 is 2.44 bits per heavy atom. The third-order valence-corrected chi connectivity index (χ3v) is 5.87. The molecule has 0 radical (unpaired) electrons. The number of hydrogen-bond acceptors (Lipinski definition) is 5. The highest BCUT2D eigenvalue weighted by atomic mass is 32.2. The van der Waals surface area contributed by atoms with Crippen molar-refractivity contribution in [2.24, 2.45) is 0 Å². The number of benzene rings is 1. The van der Waals surface area contributed by atoms with Crippen molar-refractivity contribution in [3.63, 3.8) is 0 Å². The van der Waals surface area contributed by atoms with Crippen LogP contribution in [-0.2, 0) is 0 Å². The minimum atomic E-state index is 0.392. The van der Waals surface area contributed by atoms with Crippen molar-refractivity contribution in [2.75, 3.05) is 14.1 Å². The average molecular weight is 454 g/mol. The van der Waals surface area contributed by atoms with Gasteiger partial charge in [-0.05, 0) is 59.7 Å². The second-order valence-electron chi connectivity index (χ2n) is 7.67. The van der Waals surface area contributed by atoms with Crippen LogP contribution in [0.2, 0.25) is 0 Å². The second kappa shape index (κ2) is 15.5. The molecule has 1 aromatic carbocycles. The zero-order chi connectivity index (χ0) is 23.9. The second-order valence-corrected chi connectivity index (χ2v) is 8.82. The zero-order valence-corrected chi connectivity index (χ0v) is 21.3. The summed E-state index contributed by atoms with van der Waals surface area (Å²) in [5.41, 5.74) is 4.69. The highest BCUT2D eigenvalue weighted by Crippen LogP contribution is 2.36. The van der Waals surface area contributed by atoms with Crippen LogP contribution in [0.1, 0.15) is 69.2 Å². The van der Waals surface area contributed by atoms with Gasteiger partial charge >= 0.3 is 0 Å². The number of aromatic nitrogens is 2. The molecule has 1 heterocycles. The lowest BCUT2D eigenvalue weighted by Gasteiger charge is -2.29. The molecule has 1 aliphatic rings. The lowest BCUT2D eigenvalue weighted by atomic mass is 9.83. The highest BCUT2D eigenvalue weighted by Gasteiger charge is 2.27. The molecule has 5 nitrogen and oxygen atoms in total. The third-order valence-electron chi connectivity index (χ3n) is 5.06. The Bertz CT molecular complexity index is 871. The number of aromatic amines is 1. The van der Waals surface area contributed by atoms with Gasteiger partial charge in [-0.25, -0.2) is 9.03 Å². The number of allylic oxidation sites excluding steroid dienone is 3. The summed E-state index contributed by atoms with van der Waals surface area (Å²) in [5.74, 6) is 0.392. The van der Waals surface area contributed by atoms with Gasteiger partial charge in [-0.2, -0.15) is 10.4 Å². The Labute approximate surface area is 199 Å². The fraction of sp³-hybridized carbons (Fsp3) is 0.462. The van der Waals surface area contributed by atoms with Gasteiger partial charge in [-0.3, -0.25) is 5.10 Å². The normalized spacial score (nSPS) is 17.7. The lowest BCUT2D eigenvalue weighted by Crippen LogP contribution is -2.30. The van der Waals surface area contributed by atoms with E-state index < -0.39 is 0 Å². The van der Waals surface area contributed by atoms with E-state index in [1.54, 1.807) is 18.2 Å². The molecule has 0 amide bonds. The lowest BCUT2D eigenvalue weighted by molar-refractivity contribution is 0.374. The van der Waals surface area contributed by atoms with Gasteiger partial charge in [-0.15, -0.1) is 0 Å². The fourth-order valence-electron chi connectivity index (χ4n) is 3.58. The molecule has 1 saturated carbocycles. The fourth-order valence-corrected chi connectivity index (χ4v) is 4.18. The van der Waals surface area contributed by atoms with Gasteiger partial charge < -0.3 is 0 Å². The summed E-state index contributed by atoms with van der Waals surface area (Å²) in [7, 11) is 4.08. The summed E-state index contributed by atoms with van der Waals surface area (Å²) >= 11 is 1.66. The van der Waals surface area contributed by atoms with Crippen molar-refractivity contribution >= 4 is 12.1 Å². The van der Waals surface area contributed by atoms with Gasteiger partial charge in [-0.1, -0.05) is 62.4 Å². The van der Waals surface area contributed by atoms with Crippen LogP contribution in [0.15, 0.2) is 49.1 Å². The zero-order valence-electron chi connectivity index (χ0n) is 20.5. The SMILES string of the molecule is C=C/C=C\C.CC.Cc1cccc(-c2n[nH]c(C3CCC(NSN(C)C)CC3)c2C#N)c1. The molecule has 1 fully saturated rings. The Hall–Kier alpha value is -2.33. The summed E-state index contributed by atoms with van der Waals surface area (Å²) in [6.07, 6.45) is 9.98. The van der Waals surface area contributed by atoms with E-state index in [0.717, 1.165) is 42.6 Å². The van der Waals surface area contributed by atoms with E-state index in [1.165, 1.54) is 5.56 Å². The molecule has 0 atom stereocenters. The molecule has 6 heteroatoms. The first-order chi connectivity index (χ1) is 15.5. The van der Waals surface area contributed by atoms with Gasteiger partial charge in [0.25, 0.3) is 0 Å². The number of rotatable bonds is 6. The van der Waals surface area contributed by atoms with Gasteiger partial charge in [0, 0.05) is 29.7 Å². The minimum Gasteiger partial charge on any atom is -0.280 e. The van der Waals surface area contributed by atoms with E-state index in [4.69, 9.17) is 0 Å². The van der Waals surface area contributed by atoms with Crippen LogP contribution in [0.5, 0.6) is 0 Å². The maximum Gasteiger partial charge on any atom is 0.110 e. The Morgan fingerprint density at radius 2 is 1.94 bits per heavy atom. The predicted molar refractivity (Wildman–Crippen MR) is 139 cm³/mol. The molecule has 0 saturated heterocycles. The quantitative estimate of drug-likeness (QED) is 0.373. The van der Waals surface area contributed by atoms with Gasteiger partial charge in [0.2, 0.25) is 0 Å². The number of nitriles is 1. The number of aryl methyl sites for hydroxylation is 1. The molecule has 2 N–H and O–H groups in total. The summed E-state index contributed by atoms with van der Waals surface area (Å²) in [6, 6.07) is 11.1. The molecule has 3 rings (SSSR count). The van der Waals surface area contributed by atoms with Gasteiger partial charge in [0.15, 0.2) is 0 Å². The van der Waals surface area contributed by atoms with E-state index in [2.05, 4.69) is 50.9 Å². The Balaban J connectivity index is 0.000000646. The highest BCUT2D eigenvalue weighted by molar-refractivity contribution is 7.95. The molecular weight excluding hydrogens is 414 g/mol. The number of hydrogen-bond donors (Lipinski definition) is 2. The van der Waals surface area contributed by atoms with Crippen molar-refractivity contribution in [1.82, 2.24) is 19.2 Å². The average Bonchev–Trinajstić information content (AvgIpc) is 3.24. The third kappa shape index (κ3) is 8.66. The van der Waals surface area contributed by atoms with Crippen LogP contribution in [0, 0.1) is 18.3 Å². The summed E-state index contributed by atoms with van der Waals surface area (Å²) in [5, 5.41) is 17.4. The number of nitrogens with zero attached hydrogens (tertiary/aromatic N) is 3. The topological polar surface area (TPSA) is 67.7 Å². The van der Waals surface area contributed by atoms with Crippen molar-refractivity contribution in [3.05, 3.63) is 65.9 Å². The van der Waals surface area contributed by atoms with Crippen molar-refractivity contribution in [1.29, 1.82) is 5.26 Å². The number of nitrogens with one attached hydrogen (secondary N) is 2. The molecular formula is C26H39N5S. The first-order valence-electron chi connectivity index (χ1n) is 11.4. The summed E-state index contributed by atoms with van der Waals surface area (Å²) in [4.78, 5) is 0. The van der Waals surface area contributed by atoms with E-state index in [0.29, 0.717) is 17.5 Å². The smallest absolute Gasteiger partial charge is 0.110 e. The van der Waals surface area contributed by atoms with Crippen molar-refractivity contribution in [2.45, 2.75) is 65.3 Å². The number of H-pyrrole nitrogens is 1. The molecule has 1 aromatic heterocycles.